The number of alkyl carbamates (subject to hydrolysis) is 1. The van der Waals surface area contributed by atoms with Crippen molar-refractivity contribution in [1.82, 2.24) is 5.32 Å². The zero-order chi connectivity index (χ0) is 25.9. The smallest absolute Gasteiger partial charge is 0.481 e. The Balaban J connectivity index is 1.77. The summed E-state index contributed by atoms with van der Waals surface area (Å²) in [6.45, 7) is 11.5. The minimum atomic E-state index is -0.999. The molecule has 0 atom stereocenters. The zero-order valence-corrected chi connectivity index (χ0v) is 21.3. The average Bonchev–Trinajstić information content (AvgIpc) is 3.02. The van der Waals surface area contributed by atoms with Gasteiger partial charge in [0.25, 0.3) is 0 Å². The Labute approximate surface area is 207 Å². The fourth-order valence-corrected chi connectivity index (χ4v) is 3.48. The lowest BCUT2D eigenvalue weighted by molar-refractivity contribution is -0.142. The summed E-state index contributed by atoms with van der Waals surface area (Å²) in [7, 11) is -0.662. The third-order valence-electron chi connectivity index (χ3n) is 6.72. The maximum absolute atomic E-state index is 12.4. The van der Waals surface area contributed by atoms with Gasteiger partial charge in [-0.2, -0.15) is 0 Å². The normalized spacial score (nSPS) is 17.2. The molecule has 0 saturated carbocycles. The van der Waals surface area contributed by atoms with Gasteiger partial charge in [-0.1, -0.05) is 60.7 Å². The summed E-state index contributed by atoms with van der Waals surface area (Å²) in [4.78, 5) is 23.9. The maximum atomic E-state index is 12.4. The second-order valence-electron chi connectivity index (χ2n) is 10.3. The first-order valence-corrected chi connectivity index (χ1v) is 11.7. The molecule has 2 aromatic carbocycles. The maximum Gasteiger partial charge on any atom is 0.492 e. The monoisotopic (exact) mass is 479 g/mol. The molecule has 7 nitrogen and oxygen atoms in total. The molecule has 2 aromatic rings. The third-order valence-corrected chi connectivity index (χ3v) is 6.72. The highest BCUT2D eigenvalue weighted by Gasteiger charge is 2.52. The number of benzene rings is 2. The standard InChI is InChI=1S/C27H34BNO6/c1-25(2,23(30)31)21-14-12-19(13-15-21)16-22(28-34-26(3,4)27(5,6)35-28)17-29-24(32)33-18-20-10-8-7-9-11-20/h7-16H,17-18H2,1-6H3,(H,29,32)(H,30,31). The van der Waals surface area contributed by atoms with Crippen molar-refractivity contribution in [3.05, 3.63) is 76.8 Å². The van der Waals surface area contributed by atoms with Crippen LogP contribution in [-0.4, -0.2) is 42.0 Å². The molecule has 1 fully saturated rings. The van der Waals surface area contributed by atoms with E-state index in [1.165, 1.54) is 0 Å². The van der Waals surface area contributed by atoms with Crippen molar-refractivity contribution in [3.8, 4) is 0 Å². The summed E-state index contributed by atoms with van der Waals surface area (Å²) >= 11 is 0. The zero-order valence-electron chi connectivity index (χ0n) is 21.3. The van der Waals surface area contributed by atoms with E-state index < -0.39 is 35.8 Å². The quantitative estimate of drug-likeness (QED) is 0.518. The number of amides is 1. The van der Waals surface area contributed by atoms with Gasteiger partial charge in [0.15, 0.2) is 0 Å². The molecular formula is C27H34BNO6. The number of carboxylic acid groups (broad SMARTS) is 1. The van der Waals surface area contributed by atoms with E-state index in [4.69, 9.17) is 14.0 Å². The van der Waals surface area contributed by atoms with Gasteiger partial charge < -0.3 is 24.5 Å². The van der Waals surface area contributed by atoms with Gasteiger partial charge in [0, 0.05) is 6.54 Å². The molecule has 2 N–H and O–H groups in total. The minimum absolute atomic E-state index is 0.160. The number of carboxylic acids is 1. The van der Waals surface area contributed by atoms with E-state index in [0.717, 1.165) is 11.1 Å². The van der Waals surface area contributed by atoms with Crippen molar-refractivity contribution in [2.45, 2.75) is 64.8 Å². The summed E-state index contributed by atoms with van der Waals surface area (Å²) in [6, 6.07) is 16.7. The summed E-state index contributed by atoms with van der Waals surface area (Å²) in [5, 5.41) is 12.3. The number of rotatable bonds is 8. The van der Waals surface area contributed by atoms with E-state index in [0.29, 0.717) is 11.0 Å². The van der Waals surface area contributed by atoms with Crippen LogP contribution >= 0.6 is 0 Å². The van der Waals surface area contributed by atoms with E-state index in [9.17, 15) is 14.7 Å². The predicted octanol–water partition coefficient (Wildman–Crippen LogP) is 4.99. The molecule has 1 amide bonds. The Morgan fingerprint density at radius 2 is 1.57 bits per heavy atom. The summed E-state index contributed by atoms with van der Waals surface area (Å²) in [5.41, 5.74) is 1.06. The largest absolute Gasteiger partial charge is 0.492 e. The Morgan fingerprint density at radius 1 is 1.00 bits per heavy atom. The Hall–Kier alpha value is -3.10. The van der Waals surface area contributed by atoms with Crippen LogP contribution in [0.25, 0.3) is 6.08 Å². The van der Waals surface area contributed by atoms with Crippen molar-refractivity contribution in [2.75, 3.05) is 6.54 Å². The molecular weight excluding hydrogens is 445 g/mol. The lowest BCUT2D eigenvalue weighted by Gasteiger charge is -2.32. The van der Waals surface area contributed by atoms with Crippen LogP contribution in [0.15, 0.2) is 60.1 Å². The summed E-state index contributed by atoms with van der Waals surface area (Å²) in [6.07, 6.45) is 1.34. The number of hydrogen-bond donors (Lipinski definition) is 2. The molecule has 0 radical (unpaired) electrons. The van der Waals surface area contributed by atoms with E-state index in [1.807, 2.05) is 76.2 Å². The minimum Gasteiger partial charge on any atom is -0.481 e. The Kier molecular flexibility index (Phi) is 7.77. The molecule has 186 valence electrons. The molecule has 1 aliphatic rings. The van der Waals surface area contributed by atoms with Crippen molar-refractivity contribution in [1.29, 1.82) is 0 Å². The van der Waals surface area contributed by atoms with Crippen LogP contribution in [0, 0.1) is 0 Å². The highest BCUT2D eigenvalue weighted by molar-refractivity contribution is 6.56. The SMILES string of the molecule is CC(C)(C(=O)O)c1ccc(C=C(CNC(=O)OCc2ccccc2)B2OC(C)(C)C(C)(C)O2)cc1. The first-order valence-electron chi connectivity index (χ1n) is 11.7. The number of ether oxygens (including phenoxy) is 1. The van der Waals surface area contributed by atoms with Crippen LogP contribution in [0.5, 0.6) is 0 Å². The predicted molar refractivity (Wildman–Crippen MR) is 136 cm³/mol. The first-order chi connectivity index (χ1) is 16.3. The molecule has 35 heavy (non-hydrogen) atoms. The van der Waals surface area contributed by atoms with Crippen LogP contribution < -0.4 is 5.32 Å². The molecule has 0 spiro atoms. The summed E-state index contributed by atoms with van der Waals surface area (Å²) < 4.78 is 17.8. The number of nitrogens with one attached hydrogen (secondary N) is 1. The molecule has 1 heterocycles. The van der Waals surface area contributed by atoms with Crippen LogP contribution in [0.2, 0.25) is 0 Å². The van der Waals surface area contributed by atoms with Crippen LogP contribution in [0.3, 0.4) is 0 Å². The van der Waals surface area contributed by atoms with Gasteiger partial charge in [-0.3, -0.25) is 4.79 Å². The van der Waals surface area contributed by atoms with E-state index >= 15 is 0 Å². The van der Waals surface area contributed by atoms with Crippen LogP contribution in [-0.2, 0) is 30.9 Å². The Morgan fingerprint density at radius 3 is 2.11 bits per heavy atom. The van der Waals surface area contributed by atoms with Crippen molar-refractivity contribution in [2.24, 2.45) is 0 Å². The third kappa shape index (κ3) is 6.32. The second kappa shape index (κ2) is 10.3. The lowest BCUT2D eigenvalue weighted by Crippen LogP contribution is -2.41. The molecule has 1 saturated heterocycles. The van der Waals surface area contributed by atoms with Crippen molar-refractivity contribution < 1.29 is 28.7 Å². The number of carbonyl (C=O) groups excluding carboxylic acids is 1. The highest BCUT2D eigenvalue weighted by Crippen LogP contribution is 2.38. The number of carbonyl (C=O) groups is 2. The first kappa shape index (κ1) is 26.5. The van der Waals surface area contributed by atoms with Gasteiger partial charge in [-0.05, 0) is 63.7 Å². The fourth-order valence-electron chi connectivity index (χ4n) is 3.48. The van der Waals surface area contributed by atoms with Gasteiger partial charge in [-0.25, -0.2) is 4.79 Å². The molecule has 0 bridgehead atoms. The molecule has 0 aliphatic carbocycles. The number of aliphatic carboxylic acids is 1. The second-order valence-corrected chi connectivity index (χ2v) is 10.3. The topological polar surface area (TPSA) is 94.1 Å². The van der Waals surface area contributed by atoms with E-state index in [-0.39, 0.29) is 13.2 Å². The van der Waals surface area contributed by atoms with Crippen LogP contribution in [0.1, 0.15) is 58.2 Å². The van der Waals surface area contributed by atoms with E-state index in [1.54, 1.807) is 26.0 Å². The van der Waals surface area contributed by atoms with Crippen molar-refractivity contribution in [3.63, 3.8) is 0 Å². The van der Waals surface area contributed by atoms with Crippen LogP contribution in [0.4, 0.5) is 4.79 Å². The summed E-state index contributed by atoms with van der Waals surface area (Å²) in [5.74, 6) is -0.892. The van der Waals surface area contributed by atoms with Crippen molar-refractivity contribution >= 4 is 25.3 Å². The fraction of sp³-hybridized carbons (Fsp3) is 0.407. The van der Waals surface area contributed by atoms with Gasteiger partial charge in [0.1, 0.15) is 6.61 Å². The molecule has 3 rings (SSSR count). The highest BCUT2D eigenvalue weighted by atomic mass is 16.7. The van der Waals surface area contributed by atoms with Gasteiger partial charge in [0.05, 0.1) is 16.6 Å². The molecule has 0 unspecified atom stereocenters. The molecule has 0 aromatic heterocycles. The van der Waals surface area contributed by atoms with E-state index in [2.05, 4.69) is 5.32 Å². The van der Waals surface area contributed by atoms with Gasteiger partial charge in [0.2, 0.25) is 0 Å². The van der Waals surface area contributed by atoms with Gasteiger partial charge in [-0.15, -0.1) is 0 Å². The molecule has 1 aliphatic heterocycles. The molecule has 8 heteroatoms. The average molecular weight is 479 g/mol. The Bertz CT molecular complexity index is 1060. The van der Waals surface area contributed by atoms with Gasteiger partial charge >= 0.3 is 19.2 Å². The lowest BCUT2D eigenvalue weighted by atomic mass is 9.76. The number of hydrogen-bond acceptors (Lipinski definition) is 5.